The van der Waals surface area contributed by atoms with Gasteiger partial charge in [-0.2, -0.15) is 0 Å². The van der Waals surface area contributed by atoms with Crippen LogP contribution in [0.5, 0.6) is 0 Å². The monoisotopic (exact) mass is 262 g/mol. The van der Waals surface area contributed by atoms with E-state index in [1.54, 1.807) is 6.07 Å². The number of pyridine rings is 1. The van der Waals surface area contributed by atoms with E-state index >= 15 is 0 Å². The highest BCUT2D eigenvalue weighted by molar-refractivity contribution is 6.28. The lowest BCUT2D eigenvalue weighted by Gasteiger charge is -2.17. The summed E-state index contributed by atoms with van der Waals surface area (Å²) < 4.78 is 33.5. The Balaban J connectivity index is 2.12. The van der Waals surface area contributed by atoms with Crippen LogP contribution in [0.1, 0.15) is 12.1 Å². The number of alkyl halides is 2. The molecule has 1 aliphatic heterocycles. The van der Waals surface area contributed by atoms with Gasteiger partial charge < -0.3 is 4.74 Å². The van der Waals surface area contributed by atoms with Crippen LogP contribution in [0.2, 0.25) is 5.15 Å². The second-order valence-electron chi connectivity index (χ2n) is 4.52. The van der Waals surface area contributed by atoms with Crippen molar-refractivity contribution in [1.29, 1.82) is 0 Å². The van der Waals surface area contributed by atoms with E-state index in [2.05, 4.69) is 0 Å². The van der Waals surface area contributed by atoms with Gasteiger partial charge in [-0.05, 0) is 24.1 Å². The molecule has 1 saturated carbocycles. The molecule has 6 heteroatoms. The van der Waals surface area contributed by atoms with Gasteiger partial charge in [0.1, 0.15) is 5.41 Å². The zero-order valence-electron chi connectivity index (χ0n) is 8.87. The predicted molar refractivity (Wildman–Crippen MR) is 54.4 cm³/mol. The molecule has 0 bridgehead atoms. The van der Waals surface area contributed by atoms with Crippen molar-refractivity contribution in [2.45, 2.75) is 17.8 Å². The van der Waals surface area contributed by atoms with Gasteiger partial charge in [0, 0.05) is 23.5 Å². The van der Waals surface area contributed by atoms with Gasteiger partial charge >= 0.3 is 5.15 Å². The Morgan fingerprint density at radius 2 is 2.24 bits per heavy atom. The van der Waals surface area contributed by atoms with Crippen LogP contribution in [0, 0.1) is 5.92 Å². The zero-order chi connectivity index (χ0) is 12.3. The topological polar surface area (TPSA) is 33.3 Å². The molecular weight excluding hydrogens is 252 g/mol. The first-order valence-corrected chi connectivity index (χ1v) is 5.75. The number of halogens is 3. The van der Waals surface area contributed by atoms with Gasteiger partial charge in [0.2, 0.25) is 5.69 Å². The molecule has 3 rings (SSSR count). The van der Waals surface area contributed by atoms with E-state index in [0.717, 1.165) is 0 Å². The van der Waals surface area contributed by atoms with Crippen LogP contribution in [-0.4, -0.2) is 24.3 Å². The minimum Gasteiger partial charge on any atom is -0.381 e. The first-order valence-electron chi connectivity index (χ1n) is 5.37. The highest BCUT2D eigenvalue weighted by Crippen LogP contribution is 2.69. The SMILES string of the molecule is O[n+]1c(Cl)cccc1C12CCOCC1C2(F)F. The van der Waals surface area contributed by atoms with E-state index in [1.165, 1.54) is 12.1 Å². The summed E-state index contributed by atoms with van der Waals surface area (Å²) >= 11 is 5.74. The molecule has 2 heterocycles. The molecule has 1 N–H and O–H groups in total. The van der Waals surface area contributed by atoms with Gasteiger partial charge in [0.25, 0.3) is 5.92 Å². The maximum absolute atomic E-state index is 13.9. The number of hydrogen-bond acceptors (Lipinski definition) is 2. The van der Waals surface area contributed by atoms with E-state index in [4.69, 9.17) is 16.3 Å². The quantitative estimate of drug-likeness (QED) is 0.476. The van der Waals surface area contributed by atoms with Crippen LogP contribution >= 0.6 is 11.6 Å². The van der Waals surface area contributed by atoms with Crippen molar-refractivity contribution in [1.82, 2.24) is 0 Å². The summed E-state index contributed by atoms with van der Waals surface area (Å²) in [5, 5.41) is 9.82. The predicted octanol–water partition coefficient (Wildman–Crippen LogP) is 1.79. The molecule has 1 aromatic heterocycles. The third-order valence-electron chi connectivity index (χ3n) is 3.84. The van der Waals surface area contributed by atoms with Crippen LogP contribution in [0.15, 0.2) is 18.2 Å². The molecule has 2 atom stereocenters. The van der Waals surface area contributed by atoms with E-state index < -0.39 is 17.3 Å². The van der Waals surface area contributed by atoms with Crippen molar-refractivity contribution in [3.63, 3.8) is 0 Å². The van der Waals surface area contributed by atoms with Gasteiger partial charge in [-0.25, -0.2) is 8.78 Å². The van der Waals surface area contributed by atoms with Gasteiger partial charge in [-0.15, -0.1) is 0 Å². The van der Waals surface area contributed by atoms with Crippen molar-refractivity contribution in [2.24, 2.45) is 5.92 Å². The molecule has 0 spiro atoms. The molecule has 0 aromatic carbocycles. The summed E-state index contributed by atoms with van der Waals surface area (Å²) in [6.07, 6.45) is 0.200. The average molecular weight is 263 g/mol. The fourth-order valence-electron chi connectivity index (χ4n) is 2.84. The Bertz CT molecular complexity index is 483. The minimum atomic E-state index is -2.83. The van der Waals surface area contributed by atoms with Crippen molar-refractivity contribution < 1.29 is 23.5 Å². The number of aromatic nitrogens is 1. The first kappa shape index (κ1) is 11.2. The molecule has 17 heavy (non-hydrogen) atoms. The van der Waals surface area contributed by atoms with Crippen LogP contribution in [0.25, 0.3) is 0 Å². The molecule has 3 nitrogen and oxygen atoms in total. The maximum Gasteiger partial charge on any atom is 0.325 e. The second-order valence-corrected chi connectivity index (χ2v) is 4.90. The number of rotatable bonds is 1. The lowest BCUT2D eigenvalue weighted by Crippen LogP contribution is -2.43. The molecule has 92 valence electrons. The molecule has 1 saturated heterocycles. The largest absolute Gasteiger partial charge is 0.381 e. The summed E-state index contributed by atoms with van der Waals surface area (Å²) in [5.74, 6) is -3.70. The van der Waals surface area contributed by atoms with Gasteiger partial charge in [0.15, 0.2) is 0 Å². The van der Waals surface area contributed by atoms with Crippen LogP contribution in [-0.2, 0) is 10.2 Å². The Labute approximate surface area is 102 Å². The standard InChI is InChI=1S/C11H11ClF2NO2/c12-9-3-1-2-8(15(9)16)10-4-5-17-6-7(10)11(10,13)14/h1-3,7,16H,4-6H2/q+1. The highest BCUT2D eigenvalue weighted by Gasteiger charge is 2.85. The minimum absolute atomic E-state index is 0.0273. The normalized spacial score (nSPS) is 34.2. The summed E-state index contributed by atoms with van der Waals surface area (Å²) in [7, 11) is 0. The maximum atomic E-state index is 13.9. The Kier molecular flexibility index (Phi) is 2.16. The Hall–Kier alpha value is -0.940. The van der Waals surface area contributed by atoms with Crippen LogP contribution < -0.4 is 4.73 Å². The summed E-state index contributed by atoms with van der Waals surface area (Å²) in [5.41, 5.74) is -1.14. The third kappa shape index (κ3) is 1.21. The van der Waals surface area contributed by atoms with E-state index in [1.807, 2.05) is 0 Å². The number of ether oxygens (including phenoxy) is 1. The second kappa shape index (κ2) is 3.29. The lowest BCUT2D eigenvalue weighted by molar-refractivity contribution is -0.909. The van der Waals surface area contributed by atoms with Crippen molar-refractivity contribution >= 4 is 11.6 Å². The van der Waals surface area contributed by atoms with E-state index in [-0.39, 0.29) is 30.5 Å². The fourth-order valence-corrected chi connectivity index (χ4v) is 3.01. The van der Waals surface area contributed by atoms with Gasteiger partial charge in [-0.1, -0.05) is 0 Å². The number of hydrogen-bond donors (Lipinski definition) is 1. The molecular formula is C11H11ClF2NO2+. The van der Waals surface area contributed by atoms with Gasteiger partial charge in [0.05, 0.1) is 12.5 Å². The van der Waals surface area contributed by atoms with Crippen molar-refractivity contribution in [3.8, 4) is 0 Å². The molecule has 2 aliphatic rings. The first-order chi connectivity index (χ1) is 8.02. The molecule has 1 aromatic rings. The molecule has 2 fully saturated rings. The van der Waals surface area contributed by atoms with Crippen molar-refractivity contribution in [2.75, 3.05) is 13.2 Å². The summed E-state index contributed by atoms with van der Waals surface area (Å²) in [6, 6.07) is 4.52. The number of nitrogens with zero attached hydrogens (tertiary/aromatic N) is 1. The Morgan fingerprint density at radius 3 is 2.94 bits per heavy atom. The lowest BCUT2D eigenvalue weighted by atomic mass is 9.93. The summed E-state index contributed by atoms with van der Waals surface area (Å²) in [4.78, 5) is 0. The smallest absolute Gasteiger partial charge is 0.325 e. The molecule has 0 amide bonds. The van der Waals surface area contributed by atoms with Gasteiger partial charge in [-0.3, -0.25) is 5.21 Å². The van der Waals surface area contributed by atoms with Crippen LogP contribution in [0.4, 0.5) is 8.78 Å². The Morgan fingerprint density at radius 1 is 1.47 bits per heavy atom. The van der Waals surface area contributed by atoms with E-state index in [9.17, 15) is 14.0 Å². The molecule has 1 aliphatic carbocycles. The molecule has 0 radical (unpaired) electrons. The van der Waals surface area contributed by atoms with Crippen molar-refractivity contribution in [3.05, 3.63) is 29.0 Å². The fraction of sp³-hybridized carbons (Fsp3) is 0.545. The average Bonchev–Trinajstić information content (AvgIpc) is 2.82. The zero-order valence-corrected chi connectivity index (χ0v) is 9.62. The third-order valence-corrected chi connectivity index (χ3v) is 4.13. The highest BCUT2D eigenvalue weighted by atomic mass is 35.5. The van der Waals surface area contributed by atoms with Crippen LogP contribution in [0.3, 0.4) is 0 Å². The summed E-state index contributed by atoms with van der Waals surface area (Å²) in [6.45, 7) is 0.304. The molecule has 2 unspecified atom stereocenters. The van der Waals surface area contributed by atoms with E-state index in [0.29, 0.717) is 4.73 Å². The number of fused-ring (bicyclic) bond motifs is 1.